The molecule has 0 atom stereocenters. The van der Waals surface area contributed by atoms with E-state index in [1.807, 2.05) is 41.1 Å². The van der Waals surface area contributed by atoms with Crippen LogP contribution in [0, 0.1) is 12.8 Å². The van der Waals surface area contributed by atoms with Gasteiger partial charge in [0.2, 0.25) is 0 Å². The summed E-state index contributed by atoms with van der Waals surface area (Å²) in [6, 6.07) is 7.73. The number of rotatable bonds is 3. The molecule has 28 heavy (non-hydrogen) atoms. The SMILES string of the molecule is Cc1csc2c1c(=O)n(-c1cncc3ccccc13)c(=O)n2CC1CCCC1. The first-order chi connectivity index (χ1) is 13.6. The summed E-state index contributed by atoms with van der Waals surface area (Å²) in [5.74, 6) is 0.500. The van der Waals surface area contributed by atoms with Gasteiger partial charge in [0, 0.05) is 23.5 Å². The summed E-state index contributed by atoms with van der Waals surface area (Å²) in [7, 11) is 0. The van der Waals surface area contributed by atoms with Crippen molar-refractivity contribution in [1.82, 2.24) is 14.1 Å². The Bertz CT molecular complexity index is 1300. The van der Waals surface area contributed by atoms with E-state index in [9.17, 15) is 9.59 Å². The van der Waals surface area contributed by atoms with Crippen LogP contribution in [-0.2, 0) is 6.54 Å². The van der Waals surface area contributed by atoms with Crippen LogP contribution in [0.1, 0.15) is 31.2 Å². The van der Waals surface area contributed by atoms with Gasteiger partial charge in [0.1, 0.15) is 4.83 Å². The Labute approximate surface area is 165 Å². The van der Waals surface area contributed by atoms with Gasteiger partial charge in [-0.3, -0.25) is 14.3 Å². The number of aromatic nitrogens is 3. The molecule has 0 bridgehead atoms. The minimum atomic E-state index is -0.260. The molecule has 0 N–H and O–H groups in total. The Balaban J connectivity index is 1.85. The van der Waals surface area contributed by atoms with Crippen molar-refractivity contribution < 1.29 is 0 Å². The molecule has 6 heteroatoms. The molecule has 0 radical (unpaired) electrons. The van der Waals surface area contributed by atoms with Gasteiger partial charge in [0.25, 0.3) is 5.56 Å². The number of pyridine rings is 1. The number of benzene rings is 1. The summed E-state index contributed by atoms with van der Waals surface area (Å²) in [5, 5.41) is 4.39. The van der Waals surface area contributed by atoms with Crippen LogP contribution in [-0.4, -0.2) is 14.1 Å². The summed E-state index contributed by atoms with van der Waals surface area (Å²) in [4.78, 5) is 32.0. The summed E-state index contributed by atoms with van der Waals surface area (Å²) < 4.78 is 3.15. The molecule has 5 rings (SSSR count). The molecular formula is C22H21N3O2S. The predicted octanol–water partition coefficient (Wildman–Crippen LogP) is 4.26. The maximum absolute atomic E-state index is 13.5. The van der Waals surface area contributed by atoms with Gasteiger partial charge in [-0.05, 0) is 36.6 Å². The molecule has 0 aliphatic heterocycles. The van der Waals surface area contributed by atoms with Crippen LogP contribution >= 0.6 is 11.3 Å². The smallest absolute Gasteiger partial charge is 0.284 e. The van der Waals surface area contributed by atoms with Crippen LogP contribution in [0.15, 0.2) is 51.6 Å². The third-order valence-electron chi connectivity index (χ3n) is 5.84. The van der Waals surface area contributed by atoms with Crippen molar-refractivity contribution >= 4 is 32.3 Å². The van der Waals surface area contributed by atoms with Crippen molar-refractivity contribution in [3.05, 3.63) is 68.4 Å². The molecule has 1 aliphatic carbocycles. The van der Waals surface area contributed by atoms with Gasteiger partial charge >= 0.3 is 5.69 Å². The van der Waals surface area contributed by atoms with Crippen LogP contribution in [0.25, 0.3) is 26.7 Å². The molecule has 0 saturated heterocycles. The zero-order chi connectivity index (χ0) is 19.3. The molecule has 0 spiro atoms. The van der Waals surface area contributed by atoms with E-state index in [0.29, 0.717) is 23.5 Å². The summed E-state index contributed by atoms with van der Waals surface area (Å²) in [6.45, 7) is 2.62. The predicted molar refractivity (Wildman–Crippen MR) is 114 cm³/mol. The lowest BCUT2D eigenvalue weighted by Crippen LogP contribution is -2.39. The Hall–Kier alpha value is -2.73. The number of nitrogens with zero attached hydrogens (tertiary/aromatic N) is 3. The topological polar surface area (TPSA) is 56.9 Å². The standard InChI is InChI=1S/C22H21N3O2S/c1-14-13-28-21-19(14)20(26)25(22(27)24(21)12-15-6-2-3-7-15)18-11-23-10-16-8-4-5-9-17(16)18/h4-5,8-11,13,15H,2-3,6-7,12H2,1H3. The lowest BCUT2D eigenvalue weighted by molar-refractivity contribution is 0.450. The van der Waals surface area contributed by atoms with Crippen molar-refractivity contribution in [3.63, 3.8) is 0 Å². The van der Waals surface area contributed by atoms with Crippen molar-refractivity contribution in [2.75, 3.05) is 0 Å². The molecule has 4 aromatic rings. The quantitative estimate of drug-likeness (QED) is 0.524. The third-order valence-corrected chi connectivity index (χ3v) is 6.96. The van der Waals surface area contributed by atoms with Gasteiger partial charge in [0.15, 0.2) is 0 Å². The van der Waals surface area contributed by atoms with E-state index in [0.717, 1.165) is 34.0 Å². The minimum absolute atomic E-state index is 0.250. The molecule has 1 aliphatic rings. The van der Waals surface area contributed by atoms with Crippen LogP contribution in [0.5, 0.6) is 0 Å². The second-order valence-electron chi connectivity index (χ2n) is 7.66. The van der Waals surface area contributed by atoms with Gasteiger partial charge in [-0.2, -0.15) is 0 Å². The number of fused-ring (bicyclic) bond motifs is 2. The van der Waals surface area contributed by atoms with Crippen LogP contribution in [0.2, 0.25) is 0 Å². The molecule has 1 fully saturated rings. The number of thiophene rings is 1. The molecular weight excluding hydrogens is 370 g/mol. The first kappa shape index (κ1) is 17.4. The van der Waals surface area contributed by atoms with E-state index in [1.165, 1.54) is 28.7 Å². The first-order valence-electron chi connectivity index (χ1n) is 9.72. The normalized spacial score (nSPS) is 15.0. The van der Waals surface area contributed by atoms with Gasteiger partial charge < -0.3 is 0 Å². The fraction of sp³-hybridized carbons (Fsp3) is 0.318. The number of hydrogen-bond acceptors (Lipinski definition) is 4. The molecule has 0 amide bonds. The zero-order valence-electron chi connectivity index (χ0n) is 15.7. The molecule has 3 aromatic heterocycles. The largest absolute Gasteiger partial charge is 0.336 e. The lowest BCUT2D eigenvalue weighted by atomic mass is 10.1. The van der Waals surface area contributed by atoms with Crippen molar-refractivity contribution in [3.8, 4) is 5.69 Å². The van der Waals surface area contributed by atoms with E-state index >= 15 is 0 Å². The fourth-order valence-corrected chi connectivity index (χ4v) is 5.45. The Morgan fingerprint density at radius 2 is 1.93 bits per heavy atom. The van der Waals surface area contributed by atoms with Gasteiger partial charge in [0.05, 0.1) is 17.3 Å². The van der Waals surface area contributed by atoms with E-state index in [2.05, 4.69) is 4.98 Å². The van der Waals surface area contributed by atoms with E-state index in [-0.39, 0.29) is 11.2 Å². The Morgan fingerprint density at radius 3 is 2.75 bits per heavy atom. The average Bonchev–Trinajstić information content (AvgIpc) is 3.35. The summed E-state index contributed by atoms with van der Waals surface area (Å²) in [5.41, 5.74) is 0.969. The maximum Gasteiger partial charge on any atom is 0.336 e. The second kappa shape index (κ2) is 6.71. The third kappa shape index (κ3) is 2.63. The first-order valence-corrected chi connectivity index (χ1v) is 10.6. The van der Waals surface area contributed by atoms with Crippen LogP contribution in [0.4, 0.5) is 0 Å². The second-order valence-corrected chi connectivity index (χ2v) is 8.52. The van der Waals surface area contributed by atoms with Crippen molar-refractivity contribution in [2.45, 2.75) is 39.2 Å². The Morgan fingerprint density at radius 1 is 1.14 bits per heavy atom. The number of hydrogen-bond donors (Lipinski definition) is 0. The monoisotopic (exact) mass is 391 g/mol. The molecule has 3 heterocycles. The molecule has 1 saturated carbocycles. The van der Waals surface area contributed by atoms with E-state index in [4.69, 9.17) is 0 Å². The lowest BCUT2D eigenvalue weighted by Gasteiger charge is -2.16. The maximum atomic E-state index is 13.5. The van der Waals surface area contributed by atoms with Gasteiger partial charge in [-0.25, -0.2) is 9.36 Å². The highest BCUT2D eigenvalue weighted by molar-refractivity contribution is 7.17. The molecule has 0 unspecified atom stereocenters. The summed E-state index contributed by atoms with van der Waals surface area (Å²) in [6.07, 6.45) is 8.12. The van der Waals surface area contributed by atoms with Crippen LogP contribution in [0.3, 0.4) is 0 Å². The Kier molecular flexibility index (Phi) is 4.16. The highest BCUT2D eigenvalue weighted by atomic mass is 32.1. The molecule has 1 aromatic carbocycles. The fourth-order valence-electron chi connectivity index (χ4n) is 4.40. The summed E-state index contributed by atoms with van der Waals surface area (Å²) >= 11 is 1.49. The van der Waals surface area contributed by atoms with Crippen molar-refractivity contribution in [2.24, 2.45) is 5.92 Å². The van der Waals surface area contributed by atoms with Gasteiger partial charge in [-0.1, -0.05) is 37.1 Å². The zero-order valence-corrected chi connectivity index (χ0v) is 16.5. The minimum Gasteiger partial charge on any atom is -0.284 e. The van der Waals surface area contributed by atoms with E-state index < -0.39 is 0 Å². The molecule has 5 nitrogen and oxygen atoms in total. The molecule has 142 valence electrons. The highest BCUT2D eigenvalue weighted by Crippen LogP contribution is 2.29. The van der Waals surface area contributed by atoms with E-state index in [1.54, 1.807) is 12.4 Å². The van der Waals surface area contributed by atoms with Crippen LogP contribution < -0.4 is 11.2 Å². The highest BCUT2D eigenvalue weighted by Gasteiger charge is 2.22. The van der Waals surface area contributed by atoms with Gasteiger partial charge in [-0.15, -0.1) is 11.3 Å². The van der Waals surface area contributed by atoms with Crippen molar-refractivity contribution in [1.29, 1.82) is 0 Å². The average molecular weight is 391 g/mol. The number of aryl methyl sites for hydroxylation is 1.